The zero-order valence-corrected chi connectivity index (χ0v) is 21.3. The summed E-state index contributed by atoms with van der Waals surface area (Å²) in [6, 6.07) is 14.9. The van der Waals surface area contributed by atoms with Crippen LogP contribution in [0.2, 0.25) is 0 Å². The Bertz CT molecular complexity index is 1580. The number of esters is 1. The Morgan fingerprint density at radius 2 is 1.82 bits per heavy atom. The molecule has 0 fully saturated rings. The number of rotatable bonds is 8. The maximum Gasteiger partial charge on any atom is 0.347 e. The van der Waals surface area contributed by atoms with Gasteiger partial charge in [0.1, 0.15) is 23.8 Å². The quantitative estimate of drug-likeness (QED) is 0.424. The molecule has 3 heterocycles. The number of amides is 1. The van der Waals surface area contributed by atoms with Crippen LogP contribution in [-0.2, 0) is 27.3 Å². The van der Waals surface area contributed by atoms with Gasteiger partial charge in [0.25, 0.3) is 11.5 Å². The van der Waals surface area contributed by atoms with Gasteiger partial charge in [0.15, 0.2) is 17.1 Å². The van der Waals surface area contributed by atoms with Crippen molar-refractivity contribution in [1.82, 2.24) is 4.57 Å². The summed E-state index contributed by atoms with van der Waals surface area (Å²) in [7, 11) is 0. The number of nitrogens with one attached hydrogen (secondary N) is 1. The van der Waals surface area contributed by atoms with Gasteiger partial charge in [0.05, 0.1) is 12.8 Å². The average molecular weight is 532 g/mol. The molecule has 0 bridgehead atoms. The highest BCUT2D eigenvalue weighted by molar-refractivity contribution is 6.00. The lowest BCUT2D eigenvalue weighted by Crippen LogP contribution is -2.37. The molecule has 9 nitrogen and oxygen atoms in total. The summed E-state index contributed by atoms with van der Waals surface area (Å²) in [6.45, 7) is 3.60. The predicted octanol–water partition coefficient (Wildman–Crippen LogP) is 3.82. The molecule has 0 spiro atoms. The van der Waals surface area contributed by atoms with Crippen LogP contribution in [0.25, 0.3) is 12.0 Å². The highest BCUT2D eigenvalue weighted by Gasteiger charge is 2.38. The van der Waals surface area contributed by atoms with Gasteiger partial charge in [-0.1, -0.05) is 42.5 Å². The van der Waals surface area contributed by atoms with Crippen molar-refractivity contribution >= 4 is 29.5 Å². The molecule has 0 aliphatic carbocycles. The molecule has 1 amide bonds. The Morgan fingerprint density at radius 3 is 2.49 bits per heavy atom. The van der Waals surface area contributed by atoms with Crippen molar-refractivity contribution in [3.63, 3.8) is 0 Å². The van der Waals surface area contributed by atoms with Gasteiger partial charge in [-0.3, -0.25) is 14.2 Å². The van der Waals surface area contributed by atoms with E-state index >= 15 is 0 Å². The monoisotopic (exact) mass is 531 g/mol. The number of carbonyl (C=O) groups excluding carboxylic acids is 2. The SMILES string of the molecule is CCOC(=O)c1c(OCc2ccccc2)c2c3n(c1=O)C=C(C(N)=O)OC3=C(Cc1ccc(F)cc1)C(C)N2. The highest BCUT2D eigenvalue weighted by Crippen LogP contribution is 2.45. The molecule has 0 saturated heterocycles. The first-order chi connectivity index (χ1) is 18.8. The zero-order valence-electron chi connectivity index (χ0n) is 21.3. The number of carbonyl (C=O) groups is 2. The van der Waals surface area contributed by atoms with Gasteiger partial charge in [-0.2, -0.15) is 0 Å². The van der Waals surface area contributed by atoms with Gasteiger partial charge < -0.3 is 25.3 Å². The Hall–Kier alpha value is -4.86. The minimum atomic E-state index is -0.893. The van der Waals surface area contributed by atoms with Gasteiger partial charge in [0.2, 0.25) is 5.76 Å². The molecular formula is C29H26FN3O6. The first-order valence-corrected chi connectivity index (χ1v) is 12.4. The van der Waals surface area contributed by atoms with E-state index in [2.05, 4.69) is 5.32 Å². The maximum absolute atomic E-state index is 13.8. The summed E-state index contributed by atoms with van der Waals surface area (Å²) in [5.41, 5.74) is 7.36. The van der Waals surface area contributed by atoms with Crippen LogP contribution in [0, 0.1) is 5.82 Å². The summed E-state index contributed by atoms with van der Waals surface area (Å²) >= 11 is 0. The fraction of sp³-hybridized carbons (Fsp3) is 0.207. The smallest absolute Gasteiger partial charge is 0.347 e. The lowest BCUT2D eigenvalue weighted by Gasteiger charge is -2.34. The second-order valence-corrected chi connectivity index (χ2v) is 9.08. The molecule has 0 radical (unpaired) electrons. The van der Waals surface area contributed by atoms with Gasteiger partial charge in [-0.05, 0) is 43.5 Å². The third kappa shape index (κ3) is 4.88. The average Bonchev–Trinajstić information content (AvgIpc) is 2.92. The number of primary amides is 1. The molecule has 2 aromatic carbocycles. The Balaban J connectivity index is 1.74. The molecule has 0 saturated carbocycles. The molecule has 200 valence electrons. The summed E-state index contributed by atoms with van der Waals surface area (Å²) in [4.78, 5) is 39.0. The number of hydrogen-bond donors (Lipinski definition) is 2. The number of benzene rings is 2. The number of nitrogens with two attached hydrogens (primary N) is 1. The fourth-order valence-electron chi connectivity index (χ4n) is 4.60. The van der Waals surface area contributed by atoms with Crippen molar-refractivity contribution in [1.29, 1.82) is 0 Å². The molecule has 1 aromatic heterocycles. The molecular weight excluding hydrogens is 505 g/mol. The van der Waals surface area contributed by atoms with Gasteiger partial charge in [-0.15, -0.1) is 0 Å². The number of nitrogens with zero attached hydrogens (tertiary/aromatic N) is 1. The van der Waals surface area contributed by atoms with Crippen molar-refractivity contribution in [2.75, 3.05) is 11.9 Å². The normalized spacial score (nSPS) is 15.5. The molecule has 1 unspecified atom stereocenters. The number of ether oxygens (including phenoxy) is 3. The fourth-order valence-corrected chi connectivity index (χ4v) is 4.60. The molecule has 1 atom stereocenters. The van der Waals surface area contributed by atoms with Crippen LogP contribution in [-0.4, -0.2) is 29.1 Å². The number of pyridine rings is 1. The topological polar surface area (TPSA) is 122 Å². The van der Waals surface area contributed by atoms with Crippen molar-refractivity contribution < 1.29 is 28.2 Å². The van der Waals surface area contributed by atoms with Crippen LogP contribution in [0.1, 0.15) is 41.0 Å². The van der Waals surface area contributed by atoms with Gasteiger partial charge in [0, 0.05) is 11.6 Å². The molecule has 39 heavy (non-hydrogen) atoms. The van der Waals surface area contributed by atoms with E-state index in [1.165, 1.54) is 12.1 Å². The van der Waals surface area contributed by atoms with Gasteiger partial charge in [-0.25, -0.2) is 9.18 Å². The van der Waals surface area contributed by atoms with E-state index in [0.29, 0.717) is 17.7 Å². The highest BCUT2D eigenvalue weighted by atomic mass is 19.1. The molecule has 2 aliphatic heterocycles. The maximum atomic E-state index is 13.8. The Morgan fingerprint density at radius 1 is 1.10 bits per heavy atom. The standard InChI is InChI=1S/C29H26FN3O6/c1-3-37-29(36)22-26(38-15-18-7-5-4-6-8-18)23-24-25(39-21(27(31)34)14-33(24)28(22)35)20(16(2)32-23)13-17-9-11-19(30)12-10-17/h4-12,14,16,32H,3,13,15H2,1-2H3,(H2,31,34). The number of hydrogen-bond acceptors (Lipinski definition) is 7. The molecule has 3 aromatic rings. The van der Waals surface area contributed by atoms with Crippen molar-refractivity contribution in [2.24, 2.45) is 5.73 Å². The summed E-state index contributed by atoms with van der Waals surface area (Å²) in [5.74, 6) is -2.16. The van der Waals surface area contributed by atoms with Crippen LogP contribution >= 0.6 is 0 Å². The minimum Gasteiger partial charge on any atom is -0.486 e. The number of halogens is 1. The van der Waals surface area contributed by atoms with E-state index in [1.807, 2.05) is 37.3 Å². The van der Waals surface area contributed by atoms with E-state index < -0.39 is 23.5 Å². The first kappa shape index (κ1) is 25.8. The summed E-state index contributed by atoms with van der Waals surface area (Å²) in [5, 5.41) is 3.34. The number of aromatic nitrogens is 1. The third-order valence-corrected chi connectivity index (χ3v) is 6.47. The minimum absolute atomic E-state index is 0.0123. The van der Waals surface area contributed by atoms with Crippen LogP contribution in [0.3, 0.4) is 0 Å². The van der Waals surface area contributed by atoms with E-state index in [-0.39, 0.29) is 47.6 Å². The van der Waals surface area contributed by atoms with Crippen molar-refractivity contribution in [2.45, 2.75) is 32.9 Å². The lowest BCUT2D eigenvalue weighted by molar-refractivity contribution is -0.116. The third-order valence-electron chi connectivity index (χ3n) is 6.47. The van der Waals surface area contributed by atoms with Gasteiger partial charge >= 0.3 is 5.97 Å². The largest absolute Gasteiger partial charge is 0.486 e. The van der Waals surface area contributed by atoms with Crippen molar-refractivity contribution in [3.8, 4) is 5.75 Å². The molecule has 10 heteroatoms. The Kier molecular flexibility index (Phi) is 6.93. The summed E-state index contributed by atoms with van der Waals surface area (Å²) in [6.07, 6.45) is 1.48. The first-order valence-electron chi connectivity index (χ1n) is 12.4. The van der Waals surface area contributed by atoms with Crippen LogP contribution in [0.15, 0.2) is 70.7 Å². The van der Waals surface area contributed by atoms with Crippen LogP contribution in [0.4, 0.5) is 10.1 Å². The predicted molar refractivity (Wildman–Crippen MR) is 142 cm³/mol. The second-order valence-electron chi connectivity index (χ2n) is 9.08. The number of anilines is 1. The molecule has 5 rings (SSSR count). The zero-order chi connectivity index (χ0) is 27.7. The second kappa shape index (κ2) is 10.5. The van der Waals surface area contributed by atoms with E-state index in [0.717, 1.165) is 21.9 Å². The van der Waals surface area contributed by atoms with E-state index in [1.54, 1.807) is 19.1 Å². The van der Waals surface area contributed by atoms with Crippen LogP contribution in [0.5, 0.6) is 5.75 Å². The van der Waals surface area contributed by atoms with Crippen molar-refractivity contribution in [3.05, 3.63) is 104 Å². The van der Waals surface area contributed by atoms with E-state index in [9.17, 15) is 18.8 Å². The van der Waals surface area contributed by atoms with Crippen LogP contribution < -0.4 is 21.3 Å². The Labute approximate surface area is 223 Å². The summed E-state index contributed by atoms with van der Waals surface area (Å²) < 4.78 is 32.0. The molecule has 2 aliphatic rings. The molecule has 3 N–H and O–H groups in total. The van der Waals surface area contributed by atoms with E-state index in [4.69, 9.17) is 19.9 Å². The lowest BCUT2D eigenvalue weighted by atomic mass is 9.92.